The lowest BCUT2D eigenvalue weighted by Gasteiger charge is -2.08. The maximum absolute atomic E-state index is 12.4. The van der Waals surface area contributed by atoms with Gasteiger partial charge in [-0.2, -0.15) is 5.10 Å². The van der Waals surface area contributed by atoms with Crippen molar-refractivity contribution in [1.29, 1.82) is 0 Å². The van der Waals surface area contributed by atoms with Crippen molar-refractivity contribution in [3.05, 3.63) is 96.6 Å². The molecule has 6 heteroatoms. The van der Waals surface area contributed by atoms with Crippen LogP contribution in [0.2, 0.25) is 0 Å². The van der Waals surface area contributed by atoms with E-state index in [0.717, 1.165) is 17.0 Å². The van der Waals surface area contributed by atoms with Crippen molar-refractivity contribution in [1.82, 2.24) is 24.6 Å². The Morgan fingerprint density at radius 2 is 1.71 bits per heavy atom. The Morgan fingerprint density at radius 1 is 0.964 bits per heavy atom. The van der Waals surface area contributed by atoms with E-state index in [2.05, 4.69) is 27.5 Å². The van der Waals surface area contributed by atoms with Gasteiger partial charge in [-0.25, -0.2) is 4.98 Å². The van der Waals surface area contributed by atoms with Crippen LogP contribution in [0.5, 0.6) is 0 Å². The van der Waals surface area contributed by atoms with Crippen LogP contribution in [0.1, 0.15) is 11.1 Å². The molecule has 4 rings (SSSR count). The van der Waals surface area contributed by atoms with Gasteiger partial charge in [0.05, 0.1) is 12.7 Å². The predicted molar refractivity (Wildman–Crippen MR) is 107 cm³/mol. The average molecular weight is 371 g/mol. The van der Waals surface area contributed by atoms with E-state index in [-0.39, 0.29) is 12.5 Å². The molecule has 4 aromatic rings. The minimum absolute atomic E-state index is 0.0639. The van der Waals surface area contributed by atoms with E-state index in [4.69, 9.17) is 0 Å². The third-order valence-corrected chi connectivity index (χ3v) is 4.43. The first-order chi connectivity index (χ1) is 13.8. The Balaban J connectivity index is 1.33. The molecule has 0 radical (unpaired) electrons. The first-order valence-corrected chi connectivity index (χ1v) is 9.16. The molecule has 2 heterocycles. The minimum Gasteiger partial charge on any atom is -0.350 e. The number of benzene rings is 2. The molecule has 0 fully saturated rings. The lowest BCUT2D eigenvalue weighted by molar-refractivity contribution is -0.121. The van der Waals surface area contributed by atoms with E-state index in [1.807, 2.05) is 70.2 Å². The lowest BCUT2D eigenvalue weighted by Crippen LogP contribution is -2.27. The van der Waals surface area contributed by atoms with E-state index in [9.17, 15) is 4.79 Å². The summed E-state index contributed by atoms with van der Waals surface area (Å²) in [5.74, 6) is 0.720. The minimum atomic E-state index is -0.0639. The highest BCUT2D eigenvalue weighted by atomic mass is 16.1. The molecule has 0 atom stereocenters. The zero-order chi connectivity index (χ0) is 19.2. The number of amides is 1. The van der Waals surface area contributed by atoms with Gasteiger partial charge in [0.15, 0.2) is 0 Å². The molecule has 1 N–H and O–H groups in total. The van der Waals surface area contributed by atoms with Crippen LogP contribution in [0.3, 0.4) is 0 Å². The standard InChI is InChI=1S/C22H21N5O/c28-21(17-26-12-11-23-22(26)20-9-5-2-6-10-20)24-13-19-14-25-27(16-19)15-18-7-3-1-4-8-18/h1-12,14,16H,13,15,17H2,(H,24,28). The van der Waals surface area contributed by atoms with Crippen LogP contribution in [0, 0.1) is 0 Å². The number of nitrogens with one attached hydrogen (secondary N) is 1. The van der Waals surface area contributed by atoms with Crippen LogP contribution in [0.15, 0.2) is 85.5 Å². The molecule has 6 nitrogen and oxygen atoms in total. The number of hydrogen-bond donors (Lipinski definition) is 1. The van der Waals surface area contributed by atoms with Gasteiger partial charge in [-0.15, -0.1) is 0 Å². The quantitative estimate of drug-likeness (QED) is 0.543. The fourth-order valence-electron chi connectivity index (χ4n) is 3.05. The molecule has 1 amide bonds. The monoisotopic (exact) mass is 371 g/mol. The van der Waals surface area contributed by atoms with Crippen molar-refractivity contribution >= 4 is 5.91 Å². The van der Waals surface area contributed by atoms with Crippen LogP contribution < -0.4 is 5.32 Å². The summed E-state index contributed by atoms with van der Waals surface area (Å²) in [5.41, 5.74) is 3.15. The van der Waals surface area contributed by atoms with Gasteiger partial charge in [0, 0.05) is 36.3 Å². The second-order valence-corrected chi connectivity index (χ2v) is 6.55. The number of hydrogen-bond acceptors (Lipinski definition) is 3. The van der Waals surface area contributed by atoms with Crippen LogP contribution in [-0.4, -0.2) is 25.2 Å². The van der Waals surface area contributed by atoms with Gasteiger partial charge >= 0.3 is 0 Å². The molecule has 0 spiro atoms. The molecule has 0 aliphatic carbocycles. The average Bonchev–Trinajstić information content (AvgIpc) is 3.37. The highest BCUT2D eigenvalue weighted by Gasteiger charge is 2.10. The second kappa shape index (κ2) is 8.35. The summed E-state index contributed by atoms with van der Waals surface area (Å²) >= 11 is 0. The Bertz CT molecular complexity index is 1040. The Labute approximate surface area is 163 Å². The smallest absolute Gasteiger partial charge is 0.240 e. The third-order valence-electron chi connectivity index (χ3n) is 4.43. The van der Waals surface area contributed by atoms with Crippen molar-refractivity contribution < 1.29 is 4.79 Å². The van der Waals surface area contributed by atoms with Gasteiger partial charge in [-0.1, -0.05) is 60.7 Å². The largest absolute Gasteiger partial charge is 0.350 e. The molecule has 0 saturated heterocycles. The fourth-order valence-corrected chi connectivity index (χ4v) is 3.05. The van der Waals surface area contributed by atoms with Crippen LogP contribution >= 0.6 is 0 Å². The maximum atomic E-state index is 12.4. The summed E-state index contributed by atoms with van der Waals surface area (Å²) < 4.78 is 3.73. The molecule has 140 valence electrons. The summed E-state index contributed by atoms with van der Waals surface area (Å²) in [6.45, 7) is 1.38. The molecule has 0 bridgehead atoms. The van der Waals surface area contributed by atoms with E-state index >= 15 is 0 Å². The first kappa shape index (κ1) is 17.7. The highest BCUT2D eigenvalue weighted by Crippen LogP contribution is 2.16. The van der Waals surface area contributed by atoms with Crippen molar-refractivity contribution in [3.8, 4) is 11.4 Å². The van der Waals surface area contributed by atoms with Crippen LogP contribution in [0.25, 0.3) is 11.4 Å². The maximum Gasteiger partial charge on any atom is 0.240 e. The summed E-state index contributed by atoms with van der Waals surface area (Å²) in [6, 6.07) is 20.0. The summed E-state index contributed by atoms with van der Waals surface area (Å²) in [7, 11) is 0. The molecule has 2 aromatic carbocycles. The van der Waals surface area contributed by atoms with Crippen molar-refractivity contribution in [3.63, 3.8) is 0 Å². The molecular weight excluding hydrogens is 350 g/mol. The summed E-state index contributed by atoms with van der Waals surface area (Å²) in [6.07, 6.45) is 7.28. The summed E-state index contributed by atoms with van der Waals surface area (Å²) in [5, 5.41) is 7.32. The molecule has 2 aromatic heterocycles. The normalized spacial score (nSPS) is 10.7. The van der Waals surface area contributed by atoms with Crippen LogP contribution in [-0.2, 0) is 24.4 Å². The van der Waals surface area contributed by atoms with Gasteiger partial charge in [0.25, 0.3) is 0 Å². The van der Waals surface area contributed by atoms with Crippen molar-refractivity contribution in [2.24, 2.45) is 0 Å². The number of carbonyl (C=O) groups is 1. The first-order valence-electron chi connectivity index (χ1n) is 9.16. The van der Waals surface area contributed by atoms with E-state index in [0.29, 0.717) is 13.1 Å². The highest BCUT2D eigenvalue weighted by molar-refractivity contribution is 5.76. The van der Waals surface area contributed by atoms with Crippen molar-refractivity contribution in [2.75, 3.05) is 0 Å². The van der Waals surface area contributed by atoms with E-state index in [1.54, 1.807) is 12.4 Å². The third kappa shape index (κ3) is 4.35. The SMILES string of the molecule is O=C(Cn1ccnc1-c1ccccc1)NCc1cnn(Cc2ccccc2)c1. The zero-order valence-electron chi connectivity index (χ0n) is 15.4. The summed E-state index contributed by atoms with van der Waals surface area (Å²) in [4.78, 5) is 16.7. The van der Waals surface area contributed by atoms with E-state index in [1.165, 1.54) is 5.56 Å². The van der Waals surface area contributed by atoms with Gasteiger partial charge < -0.3 is 9.88 Å². The topological polar surface area (TPSA) is 64.7 Å². The molecule has 28 heavy (non-hydrogen) atoms. The molecule has 0 saturated carbocycles. The van der Waals surface area contributed by atoms with Gasteiger partial charge in [0.2, 0.25) is 5.91 Å². The van der Waals surface area contributed by atoms with E-state index < -0.39 is 0 Å². The molecule has 0 aliphatic rings. The Hall–Kier alpha value is -3.67. The predicted octanol–water partition coefficient (Wildman–Crippen LogP) is 3.11. The second-order valence-electron chi connectivity index (χ2n) is 6.55. The van der Waals surface area contributed by atoms with Gasteiger partial charge in [-0.05, 0) is 5.56 Å². The van der Waals surface area contributed by atoms with Crippen LogP contribution in [0.4, 0.5) is 0 Å². The Morgan fingerprint density at radius 3 is 2.50 bits per heavy atom. The number of rotatable bonds is 7. The van der Waals surface area contributed by atoms with Gasteiger partial charge in [0.1, 0.15) is 12.4 Å². The van der Waals surface area contributed by atoms with Gasteiger partial charge in [-0.3, -0.25) is 9.48 Å². The Kier molecular flexibility index (Phi) is 5.29. The number of carbonyl (C=O) groups excluding carboxylic acids is 1. The number of nitrogens with zero attached hydrogens (tertiary/aromatic N) is 4. The molecule has 0 aliphatic heterocycles. The number of aromatic nitrogens is 4. The van der Waals surface area contributed by atoms with Crippen molar-refractivity contribution in [2.45, 2.75) is 19.6 Å². The number of imidazole rings is 1. The zero-order valence-corrected chi connectivity index (χ0v) is 15.4. The fraction of sp³-hybridized carbons (Fsp3) is 0.136. The molecule has 0 unspecified atom stereocenters. The molecular formula is C22H21N5O. The lowest BCUT2D eigenvalue weighted by atomic mass is 10.2.